The smallest absolute Gasteiger partial charge is 0.360 e. The zero-order valence-electron chi connectivity index (χ0n) is 12.9. The van der Waals surface area contributed by atoms with Crippen molar-refractivity contribution in [3.05, 3.63) is 29.8 Å². The van der Waals surface area contributed by atoms with E-state index in [1.807, 2.05) is 0 Å². The number of benzene rings is 1. The van der Waals surface area contributed by atoms with E-state index in [1.165, 1.54) is 7.11 Å². The minimum absolute atomic E-state index is 0.0610. The van der Waals surface area contributed by atoms with Crippen molar-refractivity contribution in [1.82, 2.24) is 0 Å². The fourth-order valence-corrected chi connectivity index (χ4v) is 2.13. The number of para-hydroxylation sites is 1. The average Bonchev–Trinajstić information content (AvgIpc) is 2.60. The normalized spacial score (nSPS) is 17.9. The molecule has 0 N–H and O–H groups in total. The molecule has 1 aliphatic rings. The molecule has 122 valence electrons. The average molecular weight is 318 g/mol. The van der Waals surface area contributed by atoms with Crippen LogP contribution in [0.15, 0.2) is 29.4 Å². The van der Waals surface area contributed by atoms with Crippen LogP contribution in [0.5, 0.6) is 5.75 Å². The van der Waals surface area contributed by atoms with Crippen LogP contribution < -0.4 is 4.74 Å². The Bertz CT molecular complexity index is 603. The topological polar surface area (TPSA) is 90.1 Å². The van der Waals surface area contributed by atoms with E-state index in [-0.39, 0.29) is 18.6 Å². The van der Waals surface area contributed by atoms with E-state index in [1.54, 1.807) is 30.3 Å². The molecule has 1 unspecified atom stereocenters. The number of ether oxygens (including phenoxy) is 3. The number of carbonyl (C=O) groups excluding carboxylic acids is 1. The Morgan fingerprint density at radius 2 is 2.26 bits per heavy atom. The van der Waals surface area contributed by atoms with Gasteiger partial charge in [-0.2, -0.15) is 5.26 Å². The van der Waals surface area contributed by atoms with Crippen LogP contribution in [0.4, 0.5) is 0 Å². The first-order valence-corrected chi connectivity index (χ1v) is 7.29. The van der Waals surface area contributed by atoms with Crippen molar-refractivity contribution in [2.75, 3.05) is 20.3 Å². The molecule has 23 heavy (non-hydrogen) atoms. The molecule has 0 amide bonds. The largest absolute Gasteiger partial charge is 0.464 e. The molecule has 0 aliphatic carbocycles. The Morgan fingerprint density at radius 3 is 2.96 bits per heavy atom. The molecule has 2 rings (SSSR count). The lowest BCUT2D eigenvalue weighted by atomic mass is 10.1. The summed E-state index contributed by atoms with van der Waals surface area (Å²) in [6.45, 7) is 0.380. The molecule has 1 atom stereocenters. The van der Waals surface area contributed by atoms with Crippen LogP contribution in [0.25, 0.3) is 0 Å². The van der Waals surface area contributed by atoms with Gasteiger partial charge in [-0.3, -0.25) is 0 Å². The summed E-state index contributed by atoms with van der Waals surface area (Å²) in [7, 11) is 1.25. The third-order valence-electron chi connectivity index (χ3n) is 3.20. The van der Waals surface area contributed by atoms with Crippen molar-refractivity contribution >= 4 is 11.7 Å². The quantitative estimate of drug-likeness (QED) is 0.345. The SMILES string of the molecule is COC(=O)C(=NOCC#N)c1ccccc1OC1CCCCO1. The maximum Gasteiger partial charge on any atom is 0.360 e. The predicted molar refractivity (Wildman–Crippen MR) is 80.8 cm³/mol. The zero-order chi connectivity index (χ0) is 16.5. The first-order chi connectivity index (χ1) is 11.3. The van der Waals surface area contributed by atoms with Crippen molar-refractivity contribution in [2.24, 2.45) is 5.16 Å². The van der Waals surface area contributed by atoms with E-state index in [2.05, 4.69) is 5.16 Å². The van der Waals surface area contributed by atoms with E-state index in [9.17, 15) is 4.79 Å². The molecule has 1 saturated heterocycles. The highest BCUT2D eigenvalue weighted by Gasteiger charge is 2.23. The second-order valence-corrected chi connectivity index (χ2v) is 4.77. The molecule has 7 nitrogen and oxygen atoms in total. The lowest BCUT2D eigenvalue weighted by Gasteiger charge is -2.24. The number of nitriles is 1. The molecule has 0 spiro atoms. The molecule has 0 aromatic heterocycles. The Morgan fingerprint density at radius 1 is 1.43 bits per heavy atom. The molecule has 7 heteroatoms. The summed E-state index contributed by atoms with van der Waals surface area (Å²) < 4.78 is 16.1. The van der Waals surface area contributed by atoms with Crippen LogP contribution in [0, 0.1) is 11.3 Å². The van der Waals surface area contributed by atoms with Gasteiger partial charge < -0.3 is 19.0 Å². The highest BCUT2D eigenvalue weighted by atomic mass is 16.7. The van der Waals surface area contributed by atoms with Crippen LogP contribution in [-0.4, -0.2) is 38.3 Å². The van der Waals surface area contributed by atoms with Gasteiger partial charge in [-0.1, -0.05) is 17.3 Å². The monoisotopic (exact) mass is 318 g/mol. The van der Waals surface area contributed by atoms with Crippen LogP contribution in [0.3, 0.4) is 0 Å². The van der Waals surface area contributed by atoms with Crippen molar-refractivity contribution in [2.45, 2.75) is 25.6 Å². The number of rotatable bonds is 6. The van der Waals surface area contributed by atoms with Crippen molar-refractivity contribution in [3.63, 3.8) is 0 Å². The number of methoxy groups -OCH3 is 1. The van der Waals surface area contributed by atoms with Gasteiger partial charge in [0.1, 0.15) is 11.8 Å². The third kappa shape index (κ3) is 4.69. The molecule has 1 heterocycles. The van der Waals surface area contributed by atoms with E-state index >= 15 is 0 Å². The molecular formula is C16H18N2O5. The highest BCUT2D eigenvalue weighted by molar-refractivity contribution is 6.43. The van der Waals surface area contributed by atoms with Crippen LogP contribution in [0.1, 0.15) is 24.8 Å². The first kappa shape index (κ1) is 16.8. The Kier molecular flexibility index (Phi) is 6.39. The van der Waals surface area contributed by atoms with Gasteiger partial charge in [-0.25, -0.2) is 4.79 Å². The van der Waals surface area contributed by atoms with Gasteiger partial charge >= 0.3 is 5.97 Å². The number of carbonyl (C=O) groups is 1. The summed E-state index contributed by atoms with van der Waals surface area (Å²) in [4.78, 5) is 16.8. The van der Waals surface area contributed by atoms with Gasteiger partial charge in [0.15, 0.2) is 12.0 Å². The van der Waals surface area contributed by atoms with Crippen molar-refractivity contribution < 1.29 is 23.8 Å². The van der Waals surface area contributed by atoms with Gasteiger partial charge in [0, 0.05) is 6.42 Å². The summed E-state index contributed by atoms with van der Waals surface area (Å²) in [6, 6.07) is 8.69. The standard InChI is InChI=1S/C16H18N2O5/c1-20-16(19)15(18-22-11-9-17)12-6-2-3-7-13(12)23-14-8-4-5-10-21-14/h2-3,6-7,14H,4-5,8,10-11H2,1H3. The number of esters is 1. The fourth-order valence-electron chi connectivity index (χ4n) is 2.13. The van der Waals surface area contributed by atoms with E-state index in [0.29, 0.717) is 17.9 Å². The molecule has 0 radical (unpaired) electrons. The molecular weight excluding hydrogens is 300 g/mol. The minimum atomic E-state index is -0.677. The van der Waals surface area contributed by atoms with Crippen LogP contribution in [-0.2, 0) is 19.1 Å². The van der Waals surface area contributed by atoms with Crippen LogP contribution >= 0.6 is 0 Å². The van der Waals surface area contributed by atoms with Crippen molar-refractivity contribution in [1.29, 1.82) is 5.26 Å². The van der Waals surface area contributed by atoms with Gasteiger partial charge in [-0.15, -0.1) is 0 Å². The summed E-state index contributed by atoms with van der Waals surface area (Å²) in [6.07, 6.45) is 2.46. The molecule has 0 bridgehead atoms. The maximum atomic E-state index is 11.9. The highest BCUT2D eigenvalue weighted by Crippen LogP contribution is 2.24. The lowest BCUT2D eigenvalue weighted by molar-refractivity contribution is -0.132. The predicted octanol–water partition coefficient (Wildman–Crippen LogP) is 2.01. The Balaban J connectivity index is 2.25. The van der Waals surface area contributed by atoms with E-state index < -0.39 is 5.97 Å². The molecule has 1 fully saturated rings. The molecule has 1 aromatic carbocycles. The lowest BCUT2D eigenvalue weighted by Crippen LogP contribution is -2.26. The first-order valence-electron chi connectivity index (χ1n) is 7.29. The fraction of sp³-hybridized carbons (Fsp3) is 0.438. The van der Waals surface area contributed by atoms with Gasteiger partial charge in [0.2, 0.25) is 6.61 Å². The van der Waals surface area contributed by atoms with Gasteiger partial charge in [0.25, 0.3) is 0 Å². The minimum Gasteiger partial charge on any atom is -0.464 e. The summed E-state index contributed by atoms with van der Waals surface area (Å²) in [5.74, 6) is -0.229. The maximum absolute atomic E-state index is 11.9. The number of hydrogen-bond donors (Lipinski definition) is 0. The Hall–Kier alpha value is -2.59. The third-order valence-corrected chi connectivity index (χ3v) is 3.20. The number of oxime groups is 1. The Labute approximate surface area is 134 Å². The van der Waals surface area contributed by atoms with Gasteiger partial charge in [-0.05, 0) is 25.0 Å². The molecule has 1 aliphatic heterocycles. The molecule has 0 saturated carbocycles. The second-order valence-electron chi connectivity index (χ2n) is 4.77. The summed E-state index contributed by atoms with van der Waals surface area (Å²) >= 11 is 0. The van der Waals surface area contributed by atoms with Gasteiger partial charge in [0.05, 0.1) is 19.3 Å². The number of hydrogen-bond acceptors (Lipinski definition) is 7. The summed E-state index contributed by atoms with van der Waals surface area (Å²) in [5, 5.41) is 12.2. The molecule has 1 aromatic rings. The number of nitrogens with zero attached hydrogens (tertiary/aromatic N) is 2. The van der Waals surface area contributed by atoms with Crippen molar-refractivity contribution in [3.8, 4) is 11.8 Å². The van der Waals surface area contributed by atoms with E-state index in [0.717, 1.165) is 19.3 Å². The summed E-state index contributed by atoms with van der Waals surface area (Å²) in [5.41, 5.74) is 0.362. The van der Waals surface area contributed by atoms with Crippen LogP contribution in [0.2, 0.25) is 0 Å². The zero-order valence-corrected chi connectivity index (χ0v) is 12.9. The van der Waals surface area contributed by atoms with E-state index in [4.69, 9.17) is 24.3 Å². The second kappa shape index (κ2) is 8.76.